The first-order valence-electron chi connectivity index (χ1n) is 5.11. The second-order valence-corrected chi connectivity index (χ2v) is 9.75. The maximum absolute atomic E-state index is 5.67. The van der Waals surface area contributed by atoms with Gasteiger partial charge >= 0.3 is 8.56 Å². The van der Waals surface area contributed by atoms with E-state index in [0.29, 0.717) is 0 Å². The van der Waals surface area contributed by atoms with Crippen molar-refractivity contribution in [2.75, 3.05) is 13.2 Å². The first-order valence-corrected chi connectivity index (χ1v) is 9.06. The van der Waals surface area contributed by atoms with Gasteiger partial charge in [-0.3, -0.25) is 0 Å². The first-order chi connectivity index (χ1) is 6.77. The molecule has 0 unspecified atom stereocenters. The third kappa shape index (κ3) is 11.3. The van der Waals surface area contributed by atoms with Crippen LogP contribution in [0.25, 0.3) is 0 Å². The Labute approximate surface area is 108 Å². The van der Waals surface area contributed by atoms with Gasteiger partial charge in [0.2, 0.25) is 3.79 Å². The maximum Gasteiger partial charge on any atom is 0.331 e. The molecule has 0 atom stereocenters. The number of rotatable bonds is 7. The molecule has 0 fully saturated rings. The molecule has 15 heavy (non-hydrogen) atoms. The monoisotopic (exact) mass is 292 g/mol. The minimum atomic E-state index is -2.12. The van der Waals surface area contributed by atoms with Crippen molar-refractivity contribution in [2.24, 2.45) is 0 Å². The second kappa shape index (κ2) is 7.36. The van der Waals surface area contributed by atoms with Crippen LogP contribution in [0.4, 0.5) is 0 Å². The van der Waals surface area contributed by atoms with Gasteiger partial charge in [-0.25, -0.2) is 0 Å². The molecule has 0 rings (SSSR count). The van der Waals surface area contributed by atoms with E-state index in [1.54, 1.807) is 0 Å². The highest BCUT2D eigenvalue weighted by Crippen LogP contribution is 2.27. The van der Waals surface area contributed by atoms with E-state index in [0.717, 1.165) is 13.0 Å². The van der Waals surface area contributed by atoms with Crippen molar-refractivity contribution in [3.05, 3.63) is 0 Å². The summed E-state index contributed by atoms with van der Waals surface area (Å²) in [5.74, 6) is 0. The van der Waals surface area contributed by atoms with Crippen LogP contribution in [0.2, 0.25) is 13.1 Å². The molecule has 0 aliphatic carbocycles. The van der Waals surface area contributed by atoms with E-state index in [9.17, 15) is 0 Å². The molecule has 0 aliphatic rings. The molecule has 0 heterocycles. The average molecular weight is 294 g/mol. The van der Waals surface area contributed by atoms with Gasteiger partial charge in [0.25, 0.3) is 0 Å². The van der Waals surface area contributed by atoms with Crippen LogP contribution in [0.15, 0.2) is 0 Å². The Morgan fingerprint density at radius 3 is 2.13 bits per heavy atom. The summed E-state index contributed by atoms with van der Waals surface area (Å²) in [6.07, 6.45) is 3.42. The molecule has 0 bridgehead atoms. The van der Waals surface area contributed by atoms with Crippen molar-refractivity contribution in [1.29, 1.82) is 0 Å². The van der Waals surface area contributed by atoms with Crippen LogP contribution in [0.1, 0.15) is 26.2 Å². The van der Waals surface area contributed by atoms with Gasteiger partial charge in [0.1, 0.15) is 0 Å². The Bertz CT molecular complexity index is 171. The highest BCUT2D eigenvalue weighted by atomic mass is 35.6. The van der Waals surface area contributed by atoms with Gasteiger partial charge in [0, 0.05) is 6.61 Å². The van der Waals surface area contributed by atoms with E-state index < -0.39 is 12.4 Å². The van der Waals surface area contributed by atoms with Crippen LogP contribution in [0, 0.1) is 0 Å². The predicted octanol–water partition coefficient (Wildman–Crippen LogP) is 4.28. The van der Waals surface area contributed by atoms with Gasteiger partial charge in [-0.15, -0.1) is 0 Å². The van der Waals surface area contributed by atoms with Gasteiger partial charge in [0.15, 0.2) is 0 Å². The SMILES string of the molecule is CCCCCO[Si](C)(C)OCC(Cl)(Cl)Cl. The summed E-state index contributed by atoms with van der Waals surface area (Å²) >= 11 is 16.8. The van der Waals surface area contributed by atoms with E-state index in [1.807, 2.05) is 13.1 Å². The topological polar surface area (TPSA) is 18.5 Å². The van der Waals surface area contributed by atoms with Crippen molar-refractivity contribution in [3.63, 3.8) is 0 Å². The zero-order valence-electron chi connectivity index (χ0n) is 9.49. The Morgan fingerprint density at radius 1 is 1.07 bits per heavy atom. The van der Waals surface area contributed by atoms with Crippen LogP contribution < -0.4 is 0 Å². The largest absolute Gasteiger partial charge is 0.395 e. The maximum atomic E-state index is 5.67. The lowest BCUT2D eigenvalue weighted by molar-refractivity contribution is 0.179. The molecular formula is C9H19Cl3O2Si. The molecule has 0 aromatic heterocycles. The number of hydrogen-bond acceptors (Lipinski definition) is 2. The third-order valence-corrected chi connectivity index (χ3v) is 3.85. The fourth-order valence-corrected chi connectivity index (χ4v) is 2.69. The van der Waals surface area contributed by atoms with Crippen molar-refractivity contribution in [2.45, 2.75) is 43.1 Å². The van der Waals surface area contributed by atoms with Gasteiger partial charge in [-0.1, -0.05) is 54.6 Å². The zero-order chi connectivity index (χ0) is 11.9. The van der Waals surface area contributed by atoms with Crippen LogP contribution >= 0.6 is 34.8 Å². The lowest BCUT2D eigenvalue weighted by Gasteiger charge is -2.24. The van der Waals surface area contributed by atoms with Gasteiger partial charge in [-0.2, -0.15) is 0 Å². The van der Waals surface area contributed by atoms with E-state index in [1.165, 1.54) is 12.8 Å². The fourth-order valence-electron chi connectivity index (χ4n) is 0.967. The van der Waals surface area contributed by atoms with Crippen molar-refractivity contribution in [3.8, 4) is 0 Å². The normalized spacial score (nSPS) is 13.2. The Hall–Kier alpha value is 1.01. The lowest BCUT2D eigenvalue weighted by Crippen LogP contribution is -2.38. The molecule has 0 N–H and O–H groups in total. The number of alkyl halides is 3. The zero-order valence-corrected chi connectivity index (χ0v) is 12.8. The standard InChI is InChI=1S/C9H19Cl3O2Si/c1-4-5-6-7-13-15(2,3)14-8-9(10,11)12/h4-8H2,1-3H3. The molecule has 92 valence electrons. The molecule has 2 nitrogen and oxygen atoms in total. The predicted molar refractivity (Wildman–Crippen MR) is 69.2 cm³/mol. The molecule has 0 aliphatic heterocycles. The van der Waals surface area contributed by atoms with Gasteiger partial charge in [-0.05, 0) is 19.5 Å². The second-order valence-electron chi connectivity index (χ2n) is 3.86. The molecule has 0 saturated carbocycles. The number of hydrogen-bond donors (Lipinski definition) is 0. The number of halogens is 3. The molecule has 0 saturated heterocycles. The molecular weight excluding hydrogens is 275 g/mol. The van der Waals surface area contributed by atoms with E-state index in [-0.39, 0.29) is 6.61 Å². The Kier molecular flexibility index (Phi) is 7.85. The molecule has 0 amide bonds. The van der Waals surface area contributed by atoms with Gasteiger partial charge < -0.3 is 8.85 Å². The van der Waals surface area contributed by atoms with Crippen molar-refractivity contribution < 1.29 is 8.85 Å². The minimum absolute atomic E-state index is 0.0880. The molecule has 0 radical (unpaired) electrons. The average Bonchev–Trinajstić information content (AvgIpc) is 2.09. The summed E-state index contributed by atoms with van der Waals surface area (Å²) in [5.41, 5.74) is 0. The first kappa shape index (κ1) is 16.0. The molecule has 6 heteroatoms. The summed E-state index contributed by atoms with van der Waals surface area (Å²) in [5, 5.41) is 0. The summed E-state index contributed by atoms with van der Waals surface area (Å²) in [6.45, 7) is 6.88. The van der Waals surface area contributed by atoms with Gasteiger partial charge in [0.05, 0.1) is 6.61 Å². The van der Waals surface area contributed by atoms with E-state index in [4.69, 9.17) is 43.7 Å². The van der Waals surface area contributed by atoms with Crippen LogP contribution in [-0.2, 0) is 8.85 Å². The van der Waals surface area contributed by atoms with Crippen LogP contribution in [-0.4, -0.2) is 25.6 Å². The summed E-state index contributed by atoms with van der Waals surface area (Å²) in [7, 11) is -2.12. The minimum Gasteiger partial charge on any atom is -0.395 e. The Balaban J connectivity index is 3.67. The molecule has 0 spiro atoms. The van der Waals surface area contributed by atoms with E-state index >= 15 is 0 Å². The van der Waals surface area contributed by atoms with E-state index in [2.05, 4.69) is 6.92 Å². The van der Waals surface area contributed by atoms with Crippen molar-refractivity contribution >= 4 is 43.4 Å². The highest BCUT2D eigenvalue weighted by molar-refractivity contribution is 6.68. The molecule has 0 aromatic carbocycles. The van der Waals surface area contributed by atoms with Crippen LogP contribution in [0.3, 0.4) is 0 Å². The van der Waals surface area contributed by atoms with Crippen LogP contribution in [0.5, 0.6) is 0 Å². The Morgan fingerprint density at radius 2 is 1.67 bits per heavy atom. The smallest absolute Gasteiger partial charge is 0.331 e. The summed E-state index contributed by atoms with van der Waals surface area (Å²) < 4.78 is 9.81. The number of unbranched alkanes of at least 4 members (excludes halogenated alkanes) is 2. The highest BCUT2D eigenvalue weighted by Gasteiger charge is 2.29. The van der Waals surface area contributed by atoms with Crippen molar-refractivity contribution in [1.82, 2.24) is 0 Å². The fraction of sp³-hybridized carbons (Fsp3) is 1.00. The third-order valence-electron chi connectivity index (χ3n) is 1.78. The summed E-state index contributed by atoms with van der Waals surface area (Å²) in [4.78, 5) is 0. The summed E-state index contributed by atoms with van der Waals surface area (Å²) in [6, 6.07) is 0. The quantitative estimate of drug-likeness (QED) is 0.396. The molecule has 0 aromatic rings. The lowest BCUT2D eigenvalue weighted by atomic mass is 10.3.